The van der Waals surface area contributed by atoms with E-state index in [2.05, 4.69) is 0 Å². The number of likely N-dealkylation sites (tertiary alicyclic amines) is 1. The predicted molar refractivity (Wildman–Crippen MR) is 119 cm³/mol. The Morgan fingerprint density at radius 3 is 2.28 bits per heavy atom. The van der Waals surface area contributed by atoms with Gasteiger partial charge in [0.25, 0.3) is 0 Å². The average molecular weight is 461 g/mol. The Bertz CT molecular complexity index is 1020. The van der Waals surface area contributed by atoms with Crippen molar-refractivity contribution >= 4 is 15.9 Å². The number of nitrogens with zero attached hydrogens (tertiary/aromatic N) is 2. The fourth-order valence-electron chi connectivity index (χ4n) is 4.73. The van der Waals surface area contributed by atoms with Crippen molar-refractivity contribution in [3.8, 4) is 0 Å². The topological polar surface area (TPSA) is 77.9 Å². The van der Waals surface area contributed by atoms with Gasteiger partial charge in [0.05, 0.1) is 16.9 Å². The van der Waals surface area contributed by atoms with Gasteiger partial charge in [0.1, 0.15) is 5.82 Å². The number of aliphatic hydroxyl groups excluding tert-OH is 1. The number of amides is 1. The maximum atomic E-state index is 13.2. The molecule has 2 fully saturated rings. The first-order valence-electron chi connectivity index (χ1n) is 11.1. The first-order chi connectivity index (χ1) is 15.4. The molecule has 1 amide bonds. The van der Waals surface area contributed by atoms with Crippen molar-refractivity contribution in [1.29, 1.82) is 0 Å². The van der Waals surface area contributed by atoms with Crippen LogP contribution in [0.4, 0.5) is 4.39 Å². The van der Waals surface area contributed by atoms with Crippen molar-refractivity contribution in [2.24, 2.45) is 11.8 Å². The Morgan fingerprint density at radius 2 is 1.62 bits per heavy atom. The number of carbonyl (C=O) groups is 1. The van der Waals surface area contributed by atoms with E-state index >= 15 is 0 Å². The summed E-state index contributed by atoms with van der Waals surface area (Å²) in [5, 5.41) is 10.7. The van der Waals surface area contributed by atoms with Gasteiger partial charge in [0.15, 0.2) is 0 Å². The summed E-state index contributed by atoms with van der Waals surface area (Å²) in [6, 6.07) is 14.4. The zero-order valence-electron chi connectivity index (χ0n) is 17.9. The summed E-state index contributed by atoms with van der Waals surface area (Å²) in [6.45, 7) is 1.63. The number of sulfonamides is 1. The number of rotatable bonds is 5. The van der Waals surface area contributed by atoms with E-state index in [1.54, 1.807) is 0 Å². The minimum absolute atomic E-state index is 0.0170. The molecule has 6 nitrogen and oxygen atoms in total. The molecule has 0 radical (unpaired) electrons. The van der Waals surface area contributed by atoms with E-state index in [-0.39, 0.29) is 29.2 Å². The average Bonchev–Trinajstić information content (AvgIpc) is 2.84. The summed E-state index contributed by atoms with van der Waals surface area (Å²) in [5.74, 6) is -0.786. The minimum Gasteiger partial charge on any atom is -0.388 e. The molecule has 2 aliphatic rings. The Kier molecular flexibility index (Phi) is 6.93. The van der Waals surface area contributed by atoms with Gasteiger partial charge in [-0.3, -0.25) is 4.79 Å². The monoisotopic (exact) mass is 460 g/mol. The second kappa shape index (κ2) is 9.68. The second-order valence-corrected chi connectivity index (χ2v) is 10.6. The van der Waals surface area contributed by atoms with Crippen LogP contribution in [0.5, 0.6) is 0 Å². The molecule has 1 N–H and O–H groups in total. The standard InChI is InChI=1S/C24H29FN2O4S/c25-21-8-10-22(11-9-21)32(30,31)27-14-4-7-20(17-27)24(29)26-15-12-19(13-16-26)23(28)18-5-2-1-3-6-18/h1-3,5-6,8-11,19-20,23,28H,4,7,12-17H2. The van der Waals surface area contributed by atoms with Crippen molar-refractivity contribution in [2.45, 2.75) is 36.7 Å². The van der Waals surface area contributed by atoms with Gasteiger partial charge in [-0.1, -0.05) is 30.3 Å². The number of benzene rings is 2. The van der Waals surface area contributed by atoms with E-state index in [9.17, 15) is 22.7 Å². The third kappa shape index (κ3) is 4.87. The van der Waals surface area contributed by atoms with Crippen LogP contribution in [-0.4, -0.2) is 54.8 Å². The van der Waals surface area contributed by atoms with Crippen molar-refractivity contribution in [3.63, 3.8) is 0 Å². The highest BCUT2D eigenvalue weighted by atomic mass is 32.2. The molecular weight excluding hydrogens is 431 g/mol. The molecule has 0 aromatic heterocycles. The van der Waals surface area contributed by atoms with Gasteiger partial charge in [-0.2, -0.15) is 4.31 Å². The van der Waals surface area contributed by atoms with Crippen LogP contribution in [0.1, 0.15) is 37.4 Å². The van der Waals surface area contributed by atoms with Crippen LogP contribution in [0.15, 0.2) is 59.5 Å². The van der Waals surface area contributed by atoms with Crippen LogP contribution in [0.2, 0.25) is 0 Å². The Labute approximate surface area is 188 Å². The maximum Gasteiger partial charge on any atom is 0.243 e. The zero-order chi connectivity index (χ0) is 22.7. The molecule has 2 heterocycles. The summed E-state index contributed by atoms with van der Waals surface area (Å²) in [6.07, 6.45) is 2.15. The van der Waals surface area contributed by atoms with E-state index in [0.717, 1.165) is 17.7 Å². The molecule has 2 atom stereocenters. The Hall–Kier alpha value is -2.29. The van der Waals surface area contributed by atoms with Crippen molar-refractivity contribution in [2.75, 3.05) is 26.2 Å². The first-order valence-corrected chi connectivity index (χ1v) is 12.6. The SMILES string of the molecule is O=C(C1CCCN(S(=O)(=O)c2ccc(F)cc2)C1)N1CCC(C(O)c2ccccc2)CC1. The molecule has 0 saturated carbocycles. The highest BCUT2D eigenvalue weighted by Gasteiger charge is 2.36. The van der Waals surface area contributed by atoms with Crippen LogP contribution < -0.4 is 0 Å². The van der Waals surface area contributed by atoms with Crippen LogP contribution >= 0.6 is 0 Å². The molecule has 0 aliphatic carbocycles. The normalized spacial score (nSPS) is 21.9. The second-order valence-electron chi connectivity index (χ2n) is 8.67. The van der Waals surface area contributed by atoms with Gasteiger partial charge < -0.3 is 10.0 Å². The van der Waals surface area contributed by atoms with Crippen LogP contribution in [0, 0.1) is 17.7 Å². The van der Waals surface area contributed by atoms with E-state index in [4.69, 9.17) is 0 Å². The highest BCUT2D eigenvalue weighted by molar-refractivity contribution is 7.89. The summed E-state index contributed by atoms with van der Waals surface area (Å²) in [4.78, 5) is 15.0. The Morgan fingerprint density at radius 1 is 0.969 bits per heavy atom. The van der Waals surface area contributed by atoms with Gasteiger partial charge in [0.2, 0.25) is 15.9 Å². The molecule has 0 bridgehead atoms. The largest absolute Gasteiger partial charge is 0.388 e. The quantitative estimate of drug-likeness (QED) is 0.743. The lowest BCUT2D eigenvalue weighted by atomic mass is 9.86. The number of hydrogen-bond donors (Lipinski definition) is 1. The minimum atomic E-state index is -3.76. The first kappa shape index (κ1) is 22.9. The lowest BCUT2D eigenvalue weighted by molar-refractivity contribution is -0.138. The number of piperidine rings is 2. The summed E-state index contributed by atoms with van der Waals surface area (Å²) >= 11 is 0. The van der Waals surface area contributed by atoms with Gasteiger partial charge in [-0.05, 0) is 61.4 Å². The summed E-state index contributed by atoms with van der Waals surface area (Å²) in [7, 11) is -3.76. The van der Waals surface area contributed by atoms with E-state index in [1.165, 1.54) is 16.4 Å². The van der Waals surface area contributed by atoms with Gasteiger partial charge in [-0.15, -0.1) is 0 Å². The van der Waals surface area contributed by atoms with Gasteiger partial charge in [-0.25, -0.2) is 12.8 Å². The van der Waals surface area contributed by atoms with Crippen LogP contribution in [-0.2, 0) is 14.8 Å². The van der Waals surface area contributed by atoms with Gasteiger partial charge in [0, 0.05) is 26.2 Å². The van der Waals surface area contributed by atoms with Crippen molar-refractivity contribution in [1.82, 2.24) is 9.21 Å². The lowest BCUT2D eigenvalue weighted by Gasteiger charge is -2.38. The molecule has 0 spiro atoms. The predicted octanol–water partition coefficient (Wildman–Crippen LogP) is 3.20. The van der Waals surface area contributed by atoms with Crippen molar-refractivity contribution < 1.29 is 22.7 Å². The maximum absolute atomic E-state index is 13.2. The van der Waals surface area contributed by atoms with Crippen LogP contribution in [0.3, 0.4) is 0 Å². The summed E-state index contributed by atoms with van der Waals surface area (Å²) < 4.78 is 40.4. The van der Waals surface area contributed by atoms with Crippen molar-refractivity contribution in [3.05, 3.63) is 66.0 Å². The number of halogens is 1. The van der Waals surface area contributed by atoms with E-state index in [1.807, 2.05) is 35.2 Å². The number of carbonyl (C=O) groups excluding carboxylic acids is 1. The molecule has 2 aromatic carbocycles. The molecule has 2 aromatic rings. The van der Waals surface area contributed by atoms with E-state index in [0.29, 0.717) is 45.3 Å². The third-order valence-corrected chi connectivity index (χ3v) is 8.50. The number of aliphatic hydroxyl groups is 1. The molecule has 2 aliphatic heterocycles. The third-order valence-electron chi connectivity index (χ3n) is 6.62. The molecule has 32 heavy (non-hydrogen) atoms. The fourth-order valence-corrected chi connectivity index (χ4v) is 6.26. The van der Waals surface area contributed by atoms with E-state index < -0.39 is 21.9 Å². The fraction of sp³-hybridized carbons (Fsp3) is 0.458. The lowest BCUT2D eigenvalue weighted by Crippen LogP contribution is -2.48. The zero-order valence-corrected chi connectivity index (χ0v) is 18.8. The molecule has 172 valence electrons. The number of hydrogen-bond acceptors (Lipinski definition) is 4. The molecular formula is C24H29FN2O4S. The highest BCUT2D eigenvalue weighted by Crippen LogP contribution is 2.32. The molecule has 8 heteroatoms. The molecule has 4 rings (SSSR count). The van der Waals surface area contributed by atoms with Gasteiger partial charge >= 0.3 is 0 Å². The Balaban J connectivity index is 1.36. The van der Waals surface area contributed by atoms with Crippen LogP contribution in [0.25, 0.3) is 0 Å². The molecule has 2 saturated heterocycles. The molecule has 2 unspecified atom stereocenters. The smallest absolute Gasteiger partial charge is 0.243 e. The summed E-state index contributed by atoms with van der Waals surface area (Å²) in [5.41, 5.74) is 0.895.